The molecule has 0 aliphatic heterocycles. The Labute approximate surface area is 90.0 Å². The number of benzene rings is 1. The highest BCUT2D eigenvalue weighted by Gasteiger charge is 2.13. The van der Waals surface area contributed by atoms with E-state index in [9.17, 15) is 10.2 Å². The van der Waals surface area contributed by atoms with Crippen molar-refractivity contribution in [1.29, 1.82) is 0 Å². The van der Waals surface area contributed by atoms with Gasteiger partial charge in [-0.1, -0.05) is 17.7 Å². The summed E-state index contributed by atoms with van der Waals surface area (Å²) in [6, 6.07) is 6.59. The van der Waals surface area contributed by atoms with E-state index in [0.29, 0.717) is 5.56 Å². The SMILES string of the molecule is Oc1ccc(Cl)c(O)c1-c1cccs1. The third kappa shape index (κ3) is 1.45. The van der Waals surface area contributed by atoms with Crippen LogP contribution in [0.1, 0.15) is 0 Å². The molecule has 0 radical (unpaired) electrons. The van der Waals surface area contributed by atoms with E-state index in [0.717, 1.165) is 4.88 Å². The summed E-state index contributed by atoms with van der Waals surface area (Å²) in [5, 5.41) is 21.4. The van der Waals surface area contributed by atoms with Crippen molar-refractivity contribution in [1.82, 2.24) is 0 Å². The number of hydrogen-bond donors (Lipinski definition) is 2. The highest BCUT2D eigenvalue weighted by molar-refractivity contribution is 7.13. The lowest BCUT2D eigenvalue weighted by atomic mass is 10.1. The Hall–Kier alpha value is -1.19. The molecule has 0 atom stereocenters. The number of hydrogen-bond acceptors (Lipinski definition) is 3. The van der Waals surface area contributed by atoms with Crippen molar-refractivity contribution < 1.29 is 10.2 Å². The highest BCUT2D eigenvalue weighted by Crippen LogP contribution is 2.43. The first kappa shape index (κ1) is 9.37. The summed E-state index contributed by atoms with van der Waals surface area (Å²) in [6.45, 7) is 0. The summed E-state index contributed by atoms with van der Waals surface area (Å²) >= 11 is 7.18. The van der Waals surface area contributed by atoms with Crippen molar-refractivity contribution >= 4 is 22.9 Å². The lowest BCUT2D eigenvalue weighted by molar-refractivity contribution is 0.454. The van der Waals surface area contributed by atoms with Crippen LogP contribution in [0.4, 0.5) is 0 Å². The zero-order valence-electron chi connectivity index (χ0n) is 7.07. The molecule has 0 fully saturated rings. The number of halogens is 1. The van der Waals surface area contributed by atoms with Crippen LogP contribution in [-0.2, 0) is 0 Å². The van der Waals surface area contributed by atoms with Crippen LogP contribution in [0, 0.1) is 0 Å². The molecule has 0 aliphatic rings. The maximum absolute atomic E-state index is 9.66. The number of thiophene rings is 1. The van der Waals surface area contributed by atoms with E-state index >= 15 is 0 Å². The summed E-state index contributed by atoms with van der Waals surface area (Å²) in [6.07, 6.45) is 0. The van der Waals surface area contributed by atoms with Crippen molar-refractivity contribution in [3.05, 3.63) is 34.7 Å². The van der Waals surface area contributed by atoms with E-state index in [1.54, 1.807) is 0 Å². The van der Waals surface area contributed by atoms with Crippen LogP contribution in [-0.4, -0.2) is 10.2 Å². The second-order valence-corrected chi connectivity index (χ2v) is 4.12. The molecule has 2 aromatic rings. The molecule has 1 heterocycles. The summed E-state index contributed by atoms with van der Waals surface area (Å²) in [4.78, 5) is 0.794. The Bertz CT molecular complexity index is 451. The molecule has 1 aromatic carbocycles. The number of rotatable bonds is 1. The average molecular weight is 227 g/mol. The van der Waals surface area contributed by atoms with Gasteiger partial charge in [0.1, 0.15) is 11.5 Å². The molecular weight excluding hydrogens is 220 g/mol. The largest absolute Gasteiger partial charge is 0.507 e. The van der Waals surface area contributed by atoms with Crippen molar-refractivity contribution in [3.8, 4) is 21.9 Å². The number of phenols is 2. The van der Waals surface area contributed by atoms with E-state index in [1.807, 2.05) is 17.5 Å². The zero-order valence-corrected chi connectivity index (χ0v) is 8.64. The normalized spacial score (nSPS) is 10.4. The van der Waals surface area contributed by atoms with Crippen LogP contribution >= 0.6 is 22.9 Å². The molecule has 0 amide bonds. The Kier molecular flexibility index (Phi) is 2.35. The van der Waals surface area contributed by atoms with Gasteiger partial charge in [-0.3, -0.25) is 0 Å². The van der Waals surface area contributed by atoms with E-state index in [-0.39, 0.29) is 16.5 Å². The standard InChI is InChI=1S/C10H7ClO2S/c11-6-3-4-7(12)9(10(6)13)8-2-1-5-14-8/h1-5,12-13H. The molecule has 0 unspecified atom stereocenters. The first-order valence-electron chi connectivity index (χ1n) is 3.94. The van der Waals surface area contributed by atoms with Gasteiger partial charge >= 0.3 is 0 Å². The van der Waals surface area contributed by atoms with Gasteiger partial charge < -0.3 is 10.2 Å². The molecule has 2 rings (SSSR count). The smallest absolute Gasteiger partial charge is 0.146 e. The van der Waals surface area contributed by atoms with Crippen molar-refractivity contribution in [2.24, 2.45) is 0 Å². The average Bonchev–Trinajstić information content (AvgIpc) is 2.65. The van der Waals surface area contributed by atoms with Crippen LogP contribution in [0.15, 0.2) is 29.6 Å². The minimum atomic E-state index is -0.0749. The monoisotopic (exact) mass is 226 g/mol. The number of aromatic hydroxyl groups is 2. The van der Waals surface area contributed by atoms with Gasteiger partial charge in [-0.15, -0.1) is 11.3 Å². The topological polar surface area (TPSA) is 40.5 Å². The van der Waals surface area contributed by atoms with E-state index < -0.39 is 0 Å². The molecule has 0 bridgehead atoms. The summed E-state index contributed by atoms with van der Waals surface area (Å²) in [5.41, 5.74) is 0.396. The van der Waals surface area contributed by atoms with Crippen LogP contribution < -0.4 is 0 Å². The Balaban J connectivity index is 2.69. The molecule has 2 N–H and O–H groups in total. The van der Waals surface area contributed by atoms with Crippen LogP contribution in [0.25, 0.3) is 10.4 Å². The minimum Gasteiger partial charge on any atom is -0.507 e. The van der Waals surface area contributed by atoms with E-state index in [2.05, 4.69) is 0 Å². The fraction of sp³-hybridized carbons (Fsp3) is 0. The third-order valence-corrected chi connectivity index (χ3v) is 3.07. The molecular formula is C10H7ClO2S. The summed E-state index contributed by atoms with van der Waals surface area (Å²) in [5.74, 6) is -0.0385. The van der Waals surface area contributed by atoms with Crippen LogP contribution in [0.2, 0.25) is 5.02 Å². The second-order valence-electron chi connectivity index (χ2n) is 2.77. The molecule has 2 nitrogen and oxygen atoms in total. The van der Waals surface area contributed by atoms with Gasteiger partial charge in [-0.25, -0.2) is 0 Å². The van der Waals surface area contributed by atoms with E-state index in [4.69, 9.17) is 11.6 Å². The molecule has 0 aliphatic carbocycles. The fourth-order valence-corrected chi connectivity index (χ4v) is 2.16. The molecule has 14 heavy (non-hydrogen) atoms. The second kappa shape index (κ2) is 3.52. The predicted octanol–water partition coefficient (Wildman–Crippen LogP) is 3.48. The van der Waals surface area contributed by atoms with Gasteiger partial charge in [0, 0.05) is 4.88 Å². The molecule has 0 saturated heterocycles. The third-order valence-electron chi connectivity index (χ3n) is 1.87. The van der Waals surface area contributed by atoms with Gasteiger partial charge in [0.2, 0.25) is 0 Å². The molecule has 72 valence electrons. The van der Waals surface area contributed by atoms with Crippen LogP contribution in [0.5, 0.6) is 11.5 Å². The maximum Gasteiger partial charge on any atom is 0.146 e. The Morgan fingerprint density at radius 2 is 1.93 bits per heavy atom. The van der Waals surface area contributed by atoms with Gasteiger partial charge in [-0.05, 0) is 23.6 Å². The zero-order chi connectivity index (χ0) is 10.1. The molecule has 1 aromatic heterocycles. The Morgan fingerprint density at radius 3 is 2.57 bits per heavy atom. The first-order chi connectivity index (χ1) is 6.70. The summed E-state index contributed by atoms with van der Waals surface area (Å²) in [7, 11) is 0. The van der Waals surface area contributed by atoms with Crippen molar-refractivity contribution in [2.45, 2.75) is 0 Å². The van der Waals surface area contributed by atoms with Crippen molar-refractivity contribution in [2.75, 3.05) is 0 Å². The quantitative estimate of drug-likeness (QED) is 0.782. The molecule has 0 spiro atoms. The maximum atomic E-state index is 9.66. The lowest BCUT2D eigenvalue weighted by Crippen LogP contribution is -1.78. The van der Waals surface area contributed by atoms with Crippen molar-refractivity contribution in [3.63, 3.8) is 0 Å². The lowest BCUT2D eigenvalue weighted by Gasteiger charge is -2.05. The fourth-order valence-electron chi connectivity index (χ4n) is 1.22. The van der Waals surface area contributed by atoms with Gasteiger partial charge in [-0.2, -0.15) is 0 Å². The van der Waals surface area contributed by atoms with Crippen LogP contribution in [0.3, 0.4) is 0 Å². The molecule has 0 saturated carbocycles. The highest BCUT2D eigenvalue weighted by atomic mass is 35.5. The van der Waals surface area contributed by atoms with Gasteiger partial charge in [0.15, 0.2) is 0 Å². The van der Waals surface area contributed by atoms with Gasteiger partial charge in [0.25, 0.3) is 0 Å². The Morgan fingerprint density at radius 1 is 1.14 bits per heavy atom. The summed E-state index contributed by atoms with van der Waals surface area (Å²) < 4.78 is 0. The number of phenolic OH excluding ortho intramolecular Hbond substituents is 2. The predicted molar refractivity (Wildman–Crippen MR) is 58.1 cm³/mol. The first-order valence-corrected chi connectivity index (χ1v) is 5.20. The van der Waals surface area contributed by atoms with E-state index in [1.165, 1.54) is 23.5 Å². The van der Waals surface area contributed by atoms with Gasteiger partial charge in [0.05, 0.1) is 10.6 Å². The minimum absolute atomic E-state index is 0.0364. The molecule has 4 heteroatoms.